The monoisotopic (exact) mass is 500 g/mol. The number of nitrogens with one attached hydrogen (secondary N) is 2. The summed E-state index contributed by atoms with van der Waals surface area (Å²) in [6, 6.07) is 17.3. The van der Waals surface area contributed by atoms with Crippen LogP contribution in [0.1, 0.15) is 10.4 Å². The highest BCUT2D eigenvalue weighted by Crippen LogP contribution is 2.36. The number of hydrogen-bond acceptors (Lipinski definition) is 6. The summed E-state index contributed by atoms with van der Waals surface area (Å²) < 4.78 is 32.8. The van der Waals surface area contributed by atoms with Crippen molar-refractivity contribution in [3.05, 3.63) is 77.3 Å². The van der Waals surface area contributed by atoms with Crippen molar-refractivity contribution in [3.8, 4) is 5.75 Å². The zero-order chi connectivity index (χ0) is 24.5. The number of carboxylic acids is 1. The number of nitrogens with zero attached hydrogens (tertiary/aromatic N) is 2. The Morgan fingerprint density at radius 1 is 1.00 bits per heavy atom. The zero-order valence-electron chi connectivity index (χ0n) is 18.2. The van der Waals surface area contributed by atoms with Crippen molar-refractivity contribution in [1.29, 1.82) is 0 Å². The van der Waals surface area contributed by atoms with Gasteiger partial charge in [-0.2, -0.15) is 4.21 Å². The summed E-state index contributed by atoms with van der Waals surface area (Å²) in [4.78, 5) is 20.3. The number of fused-ring (bicyclic) bond motifs is 1. The van der Waals surface area contributed by atoms with Crippen molar-refractivity contribution < 1.29 is 23.4 Å². The molecular formula is C23H21ClN4O5S. The summed E-state index contributed by atoms with van der Waals surface area (Å²) in [5.74, 6) is -0.566. The molecule has 3 aromatic carbocycles. The van der Waals surface area contributed by atoms with E-state index in [0.717, 1.165) is 12.3 Å². The van der Waals surface area contributed by atoms with Gasteiger partial charge in [-0.3, -0.25) is 9.27 Å². The van der Waals surface area contributed by atoms with Crippen LogP contribution in [0.3, 0.4) is 0 Å². The normalized spacial score (nSPS) is 12.5. The number of ether oxygens (including phenoxy) is 1. The maximum atomic E-state index is 13.8. The van der Waals surface area contributed by atoms with Crippen LogP contribution in [-0.4, -0.2) is 43.2 Å². The molecule has 1 aromatic heterocycles. The van der Waals surface area contributed by atoms with Crippen molar-refractivity contribution in [1.82, 2.24) is 9.97 Å². The minimum Gasteiger partial charge on any atom is -0.497 e. The van der Waals surface area contributed by atoms with E-state index in [1.807, 2.05) is 0 Å². The van der Waals surface area contributed by atoms with Gasteiger partial charge in [0.2, 0.25) is 0 Å². The number of halogens is 1. The van der Waals surface area contributed by atoms with E-state index in [1.54, 1.807) is 42.5 Å². The van der Waals surface area contributed by atoms with Crippen LogP contribution in [0, 0.1) is 0 Å². The topological polar surface area (TPSA) is 134 Å². The molecule has 0 spiro atoms. The summed E-state index contributed by atoms with van der Waals surface area (Å²) >= 11 is 6.33. The summed E-state index contributed by atoms with van der Waals surface area (Å²) in [5, 5.41) is 12.7. The van der Waals surface area contributed by atoms with Gasteiger partial charge in [-0.15, -0.1) is 9.53 Å². The second-order valence-electron chi connectivity index (χ2n) is 7.60. The van der Waals surface area contributed by atoms with E-state index in [9.17, 15) is 18.7 Å². The summed E-state index contributed by atoms with van der Waals surface area (Å²) in [6.07, 6.45) is 1.08. The number of methoxy groups -OCH3 is 1. The molecule has 0 amide bonds. The smallest absolute Gasteiger partial charge is 0.335 e. The van der Waals surface area contributed by atoms with Gasteiger partial charge >= 0.3 is 5.97 Å². The number of anilines is 3. The molecule has 4 aromatic rings. The van der Waals surface area contributed by atoms with Crippen LogP contribution in [0.5, 0.6) is 5.75 Å². The molecule has 4 N–H and O–H groups in total. The molecule has 0 saturated carbocycles. The molecule has 1 heterocycles. The molecule has 11 heteroatoms. The van der Waals surface area contributed by atoms with Gasteiger partial charge in [-0.1, -0.05) is 29.8 Å². The Morgan fingerprint density at radius 2 is 1.68 bits per heavy atom. The van der Waals surface area contributed by atoms with E-state index in [2.05, 4.69) is 20.0 Å². The number of aromatic nitrogens is 2. The fourth-order valence-electron chi connectivity index (χ4n) is 3.23. The maximum absolute atomic E-state index is 13.8. The van der Waals surface area contributed by atoms with Gasteiger partial charge in [0, 0.05) is 12.3 Å². The Morgan fingerprint density at radius 3 is 2.32 bits per heavy atom. The molecule has 34 heavy (non-hydrogen) atoms. The molecule has 4 rings (SSSR count). The Balaban J connectivity index is 1.84. The molecule has 0 fully saturated rings. The SMILES string of the molecule is COc1ccc(Cl)c(Nc2nc3ccccc3nc2NS(C)(=O)(O)c2cccc(C(=O)O)c2)c1. The molecular weight excluding hydrogens is 480 g/mol. The number of rotatable bonds is 7. The highest BCUT2D eigenvalue weighted by atomic mass is 35.5. The number of benzene rings is 3. The summed E-state index contributed by atoms with van der Waals surface area (Å²) in [7, 11) is -3.31. The van der Waals surface area contributed by atoms with E-state index in [1.165, 1.54) is 25.3 Å². The number of aromatic carboxylic acids is 1. The Kier molecular flexibility index (Phi) is 5.90. The second kappa shape index (κ2) is 8.56. The predicted octanol–water partition coefficient (Wildman–Crippen LogP) is 5.04. The maximum Gasteiger partial charge on any atom is 0.335 e. The first-order chi connectivity index (χ1) is 16.0. The van der Waals surface area contributed by atoms with E-state index in [4.69, 9.17) is 16.3 Å². The molecule has 0 radical (unpaired) electrons. The lowest BCUT2D eigenvalue weighted by Gasteiger charge is -2.40. The van der Waals surface area contributed by atoms with Gasteiger partial charge in [0.05, 0.1) is 39.3 Å². The van der Waals surface area contributed by atoms with Crippen molar-refractivity contribution in [2.24, 2.45) is 0 Å². The predicted molar refractivity (Wildman–Crippen MR) is 133 cm³/mol. The lowest BCUT2D eigenvalue weighted by molar-refractivity contribution is 0.0696. The number of para-hydroxylation sites is 2. The van der Waals surface area contributed by atoms with Gasteiger partial charge in [0.25, 0.3) is 0 Å². The zero-order valence-corrected chi connectivity index (χ0v) is 19.7. The molecule has 0 aliphatic carbocycles. The third-order valence-corrected chi connectivity index (χ3v) is 7.34. The van der Waals surface area contributed by atoms with Crippen LogP contribution in [0.4, 0.5) is 17.3 Å². The molecule has 0 aliphatic rings. The van der Waals surface area contributed by atoms with Crippen LogP contribution in [0.2, 0.25) is 5.02 Å². The lowest BCUT2D eigenvalue weighted by atomic mass is 10.2. The number of carbonyl (C=O) groups is 1. The summed E-state index contributed by atoms with van der Waals surface area (Å²) in [5.41, 5.74) is 1.34. The van der Waals surface area contributed by atoms with E-state index in [0.29, 0.717) is 27.5 Å². The van der Waals surface area contributed by atoms with Crippen LogP contribution in [0.15, 0.2) is 71.6 Å². The molecule has 176 valence electrons. The van der Waals surface area contributed by atoms with Crippen molar-refractivity contribution >= 4 is 55.5 Å². The first kappa shape index (κ1) is 23.4. The standard InChI is InChI=1S/C23H21ClN4O5S/c1-33-15-10-11-17(24)20(13-15)27-21-22(26-19-9-4-3-8-18(19)25-21)28-34(2,31,32)16-7-5-6-14(12-16)23(29)30/h3-13H,1-2H3,(H,25,27)(H,29,30)(H2,26,28,31,32). The van der Waals surface area contributed by atoms with Gasteiger partial charge in [-0.25, -0.2) is 14.8 Å². The molecule has 9 nitrogen and oxygen atoms in total. The fourth-order valence-corrected chi connectivity index (χ4v) is 4.91. The third kappa shape index (κ3) is 4.79. The largest absolute Gasteiger partial charge is 0.497 e. The molecule has 0 atom stereocenters. The molecule has 0 unspecified atom stereocenters. The minimum atomic E-state index is -4.82. The second-order valence-corrected chi connectivity index (χ2v) is 11.2. The number of carboxylic acid groups (broad SMARTS) is 1. The third-order valence-electron chi connectivity index (χ3n) is 4.97. The lowest BCUT2D eigenvalue weighted by Crippen LogP contribution is -2.40. The first-order valence-corrected chi connectivity index (χ1v) is 12.6. The van der Waals surface area contributed by atoms with Crippen molar-refractivity contribution in [2.75, 3.05) is 23.4 Å². The highest BCUT2D eigenvalue weighted by Gasteiger charge is 2.27. The van der Waals surface area contributed by atoms with Gasteiger partial charge < -0.3 is 15.2 Å². The number of hydrogen-bond donors (Lipinski definition) is 4. The highest BCUT2D eigenvalue weighted by molar-refractivity contribution is 8.15. The first-order valence-electron chi connectivity index (χ1n) is 9.93. The molecule has 0 aliphatic heterocycles. The average molecular weight is 501 g/mol. The van der Waals surface area contributed by atoms with E-state index >= 15 is 0 Å². The molecule has 0 saturated heterocycles. The minimum absolute atomic E-state index is 0.0275. The van der Waals surface area contributed by atoms with E-state index in [-0.39, 0.29) is 22.1 Å². The van der Waals surface area contributed by atoms with Crippen LogP contribution >= 0.6 is 11.6 Å². The Bertz CT molecular complexity index is 1490. The van der Waals surface area contributed by atoms with Crippen LogP contribution in [-0.2, 0) is 9.53 Å². The Hall–Kier alpha value is -3.73. The van der Waals surface area contributed by atoms with Gasteiger partial charge in [-0.05, 0) is 42.5 Å². The van der Waals surface area contributed by atoms with Gasteiger partial charge in [0.1, 0.15) is 5.75 Å². The van der Waals surface area contributed by atoms with Crippen LogP contribution in [0.25, 0.3) is 11.0 Å². The molecule has 0 bridgehead atoms. The fraction of sp³-hybridized carbons (Fsp3) is 0.0870. The van der Waals surface area contributed by atoms with Crippen molar-refractivity contribution in [2.45, 2.75) is 4.90 Å². The quantitative estimate of drug-likeness (QED) is 0.277. The van der Waals surface area contributed by atoms with Crippen molar-refractivity contribution in [3.63, 3.8) is 0 Å². The summed E-state index contributed by atoms with van der Waals surface area (Å²) in [6.45, 7) is 0. The van der Waals surface area contributed by atoms with Crippen LogP contribution < -0.4 is 14.8 Å². The van der Waals surface area contributed by atoms with Gasteiger partial charge in [0.15, 0.2) is 11.6 Å². The average Bonchev–Trinajstić information content (AvgIpc) is 2.80. The van der Waals surface area contributed by atoms with E-state index < -0.39 is 15.5 Å². The Labute approximate surface area is 200 Å².